The zero-order valence-electron chi connectivity index (χ0n) is 16.2. The summed E-state index contributed by atoms with van der Waals surface area (Å²) in [6, 6.07) is 16.3. The number of nitrogens with one attached hydrogen (secondary N) is 1. The Hall–Kier alpha value is -3.23. The number of amides is 1. The van der Waals surface area contributed by atoms with Gasteiger partial charge >= 0.3 is 0 Å². The van der Waals surface area contributed by atoms with E-state index in [4.69, 9.17) is 0 Å². The van der Waals surface area contributed by atoms with Crippen LogP contribution in [0.15, 0.2) is 64.5 Å². The van der Waals surface area contributed by atoms with Gasteiger partial charge in [0.25, 0.3) is 11.6 Å². The quantitative estimate of drug-likeness (QED) is 0.317. The number of carbonyl (C=O) groups excluding carboxylic acids is 1. The number of hydrogen-bond acceptors (Lipinski definition) is 6. The molecule has 30 heavy (non-hydrogen) atoms. The number of aryl methyl sites for hydroxylation is 2. The highest BCUT2D eigenvalue weighted by molar-refractivity contribution is 8.18. The number of para-hydroxylation sites is 1. The van der Waals surface area contributed by atoms with E-state index < -0.39 is 4.92 Å². The van der Waals surface area contributed by atoms with E-state index in [0.29, 0.717) is 10.1 Å². The van der Waals surface area contributed by atoms with Gasteiger partial charge in [0, 0.05) is 21.9 Å². The molecule has 0 bridgehead atoms. The Morgan fingerprint density at radius 3 is 2.53 bits per heavy atom. The van der Waals surface area contributed by atoms with Gasteiger partial charge in [-0.3, -0.25) is 14.9 Å². The summed E-state index contributed by atoms with van der Waals surface area (Å²) in [6.07, 6.45) is 1.82. The van der Waals surface area contributed by atoms with E-state index in [1.807, 2.05) is 56.3 Å². The average molecular weight is 436 g/mol. The van der Waals surface area contributed by atoms with E-state index in [1.54, 1.807) is 12.1 Å². The van der Waals surface area contributed by atoms with Gasteiger partial charge in [-0.2, -0.15) is 0 Å². The molecule has 0 unspecified atom stereocenters. The van der Waals surface area contributed by atoms with Gasteiger partial charge in [-0.25, -0.2) is 4.99 Å². The molecular weight excluding hydrogens is 418 g/mol. The highest BCUT2D eigenvalue weighted by Gasteiger charge is 2.24. The highest BCUT2D eigenvalue weighted by Crippen LogP contribution is 2.34. The Balaban J connectivity index is 1.58. The summed E-state index contributed by atoms with van der Waals surface area (Å²) in [5.74, 6) is -0.185. The van der Waals surface area contributed by atoms with Crippen molar-refractivity contribution in [2.24, 2.45) is 4.99 Å². The number of nitro benzene ring substituents is 1. The zero-order chi connectivity index (χ0) is 21.3. The maximum Gasteiger partial charge on any atom is 0.270 e. The lowest BCUT2D eigenvalue weighted by Crippen LogP contribution is -2.19. The first-order valence-electron chi connectivity index (χ1n) is 9.11. The van der Waals surface area contributed by atoms with Crippen LogP contribution in [0.4, 0.5) is 11.4 Å². The second-order valence-electron chi connectivity index (χ2n) is 6.73. The van der Waals surface area contributed by atoms with Gasteiger partial charge < -0.3 is 5.32 Å². The third-order valence-electron chi connectivity index (χ3n) is 4.55. The number of hydrogen-bond donors (Lipinski definition) is 1. The fourth-order valence-electron chi connectivity index (χ4n) is 3.05. The summed E-state index contributed by atoms with van der Waals surface area (Å²) in [5, 5.41) is 14.4. The Morgan fingerprint density at radius 1 is 1.07 bits per heavy atom. The van der Waals surface area contributed by atoms with Gasteiger partial charge in [0.15, 0.2) is 5.17 Å². The molecule has 1 saturated heterocycles. The van der Waals surface area contributed by atoms with E-state index in [1.165, 1.54) is 29.2 Å². The Kier molecular flexibility index (Phi) is 5.52. The number of thiophene rings is 1. The number of rotatable bonds is 4. The topological polar surface area (TPSA) is 84.6 Å². The molecule has 1 amide bonds. The minimum atomic E-state index is -0.406. The van der Waals surface area contributed by atoms with Crippen LogP contribution in [0.1, 0.15) is 16.0 Å². The third-order valence-corrected chi connectivity index (χ3v) is 6.54. The standard InChI is InChI=1S/C22H17N3O3S2/c1-13-5-3-6-14(2)20(13)23-22-24-21(26)19(30-22)12-17-9-10-18(29-17)15-7-4-8-16(11-15)25(27)28/h3-12H,1-2H3,(H,23,24,26)/b19-12+. The number of thioether (sulfide) groups is 1. The summed E-state index contributed by atoms with van der Waals surface area (Å²) in [6.45, 7) is 3.98. The number of nitrogens with zero attached hydrogens (tertiary/aromatic N) is 2. The molecule has 2 heterocycles. The Labute approximate surface area is 181 Å². The van der Waals surface area contributed by atoms with Crippen molar-refractivity contribution < 1.29 is 9.72 Å². The molecule has 3 aromatic rings. The number of carbonyl (C=O) groups is 1. The number of non-ortho nitro benzene ring substituents is 1. The number of nitro groups is 1. The molecule has 0 radical (unpaired) electrons. The lowest BCUT2D eigenvalue weighted by molar-refractivity contribution is -0.384. The van der Waals surface area contributed by atoms with Crippen molar-refractivity contribution in [2.45, 2.75) is 13.8 Å². The molecule has 0 spiro atoms. The molecule has 1 aromatic heterocycles. The van der Waals surface area contributed by atoms with E-state index in [9.17, 15) is 14.9 Å². The molecule has 1 fully saturated rings. The van der Waals surface area contributed by atoms with Crippen LogP contribution >= 0.6 is 23.1 Å². The smallest absolute Gasteiger partial charge is 0.270 e. The minimum Gasteiger partial charge on any atom is -0.300 e. The summed E-state index contributed by atoms with van der Waals surface area (Å²) in [5.41, 5.74) is 3.80. The maximum atomic E-state index is 12.4. The van der Waals surface area contributed by atoms with E-state index in [2.05, 4.69) is 10.3 Å². The van der Waals surface area contributed by atoms with Crippen molar-refractivity contribution in [1.29, 1.82) is 0 Å². The predicted molar refractivity (Wildman–Crippen MR) is 123 cm³/mol. The number of aliphatic imine (C=N–C) groups is 1. The van der Waals surface area contributed by atoms with Crippen molar-refractivity contribution in [3.05, 3.63) is 85.6 Å². The van der Waals surface area contributed by atoms with Gasteiger partial charge in [-0.1, -0.05) is 30.3 Å². The van der Waals surface area contributed by atoms with Crippen molar-refractivity contribution in [2.75, 3.05) is 0 Å². The number of amidine groups is 1. The predicted octanol–water partition coefficient (Wildman–Crippen LogP) is 5.83. The SMILES string of the molecule is Cc1cccc(C)c1N=C1NC(=O)/C(=C\c2ccc(-c3cccc([N+](=O)[O-])c3)s2)S1. The van der Waals surface area contributed by atoms with Gasteiger partial charge in [-0.15, -0.1) is 11.3 Å². The van der Waals surface area contributed by atoms with Crippen LogP contribution in [0.25, 0.3) is 16.5 Å². The molecule has 0 aliphatic carbocycles. The molecule has 1 aliphatic heterocycles. The maximum absolute atomic E-state index is 12.4. The Bertz CT molecular complexity index is 1210. The van der Waals surface area contributed by atoms with Crippen LogP contribution in [0.2, 0.25) is 0 Å². The molecular formula is C22H17N3O3S2. The monoisotopic (exact) mass is 435 g/mol. The molecule has 1 aliphatic rings. The minimum absolute atomic E-state index is 0.0545. The molecule has 2 aromatic carbocycles. The molecule has 8 heteroatoms. The van der Waals surface area contributed by atoms with E-state index >= 15 is 0 Å². The van der Waals surface area contributed by atoms with E-state index in [-0.39, 0.29) is 11.6 Å². The van der Waals surface area contributed by atoms with Gasteiger partial charge in [0.1, 0.15) is 0 Å². The fraction of sp³-hybridized carbons (Fsp3) is 0.0909. The first kappa shape index (κ1) is 20.1. The molecule has 1 N–H and O–H groups in total. The van der Waals surface area contributed by atoms with Gasteiger partial charge in [0.2, 0.25) is 0 Å². The fourth-order valence-corrected chi connectivity index (χ4v) is 4.89. The third kappa shape index (κ3) is 4.19. The van der Waals surface area contributed by atoms with Crippen molar-refractivity contribution >= 4 is 51.6 Å². The van der Waals surface area contributed by atoms with Crippen molar-refractivity contribution in [3.63, 3.8) is 0 Å². The second kappa shape index (κ2) is 8.25. The first-order chi connectivity index (χ1) is 14.4. The molecule has 4 rings (SSSR count). The summed E-state index contributed by atoms with van der Waals surface area (Å²) in [7, 11) is 0. The van der Waals surface area contributed by atoms with Crippen LogP contribution < -0.4 is 5.32 Å². The number of benzene rings is 2. The molecule has 0 atom stereocenters. The first-order valence-corrected chi connectivity index (χ1v) is 10.7. The van der Waals surface area contributed by atoms with Gasteiger partial charge in [-0.05, 0) is 60.5 Å². The molecule has 150 valence electrons. The van der Waals surface area contributed by atoms with E-state index in [0.717, 1.165) is 32.1 Å². The summed E-state index contributed by atoms with van der Waals surface area (Å²) in [4.78, 5) is 30.0. The van der Waals surface area contributed by atoms with Crippen LogP contribution in [-0.2, 0) is 4.79 Å². The Morgan fingerprint density at radius 2 is 1.80 bits per heavy atom. The summed E-state index contributed by atoms with van der Waals surface area (Å²) >= 11 is 2.78. The van der Waals surface area contributed by atoms with Crippen LogP contribution in [0.5, 0.6) is 0 Å². The van der Waals surface area contributed by atoms with Gasteiger partial charge in [0.05, 0.1) is 15.5 Å². The second-order valence-corrected chi connectivity index (χ2v) is 8.88. The van der Waals surface area contributed by atoms with Crippen molar-refractivity contribution in [1.82, 2.24) is 5.32 Å². The van der Waals surface area contributed by atoms with Crippen LogP contribution in [0.3, 0.4) is 0 Å². The van der Waals surface area contributed by atoms with Crippen molar-refractivity contribution in [3.8, 4) is 10.4 Å². The molecule has 6 nitrogen and oxygen atoms in total. The average Bonchev–Trinajstić information content (AvgIpc) is 3.32. The summed E-state index contributed by atoms with van der Waals surface area (Å²) < 4.78 is 0. The molecule has 0 saturated carbocycles. The highest BCUT2D eigenvalue weighted by atomic mass is 32.2. The zero-order valence-corrected chi connectivity index (χ0v) is 17.8. The normalized spacial score (nSPS) is 16.3. The largest absolute Gasteiger partial charge is 0.300 e. The lowest BCUT2D eigenvalue weighted by atomic mass is 10.1. The van der Waals surface area contributed by atoms with Crippen LogP contribution in [0, 0.1) is 24.0 Å². The lowest BCUT2D eigenvalue weighted by Gasteiger charge is -2.04. The van der Waals surface area contributed by atoms with Crippen LogP contribution in [-0.4, -0.2) is 16.0 Å².